The smallest absolute Gasteiger partial charge is 0.243 e. The van der Waals surface area contributed by atoms with Crippen LogP contribution in [-0.4, -0.2) is 49.1 Å². The van der Waals surface area contributed by atoms with Crippen LogP contribution >= 0.6 is 0 Å². The number of methoxy groups -OCH3 is 3. The lowest BCUT2D eigenvalue weighted by molar-refractivity contribution is -0.140. The number of rotatable bonds is 13. The number of carbonyl (C=O) groups is 2. The van der Waals surface area contributed by atoms with E-state index >= 15 is 0 Å². The van der Waals surface area contributed by atoms with Gasteiger partial charge in [0, 0.05) is 19.2 Å². The van der Waals surface area contributed by atoms with E-state index in [0.29, 0.717) is 23.7 Å². The average molecular weight is 554 g/mol. The summed E-state index contributed by atoms with van der Waals surface area (Å²) < 4.78 is 16.1. The quantitative estimate of drug-likeness (QED) is 0.260. The van der Waals surface area contributed by atoms with Gasteiger partial charge in [0.05, 0.1) is 40.0 Å². The minimum Gasteiger partial charge on any atom is -0.497 e. The Hall–Kier alpha value is -4.85. The Balaban J connectivity index is 1.66. The van der Waals surface area contributed by atoms with Crippen LogP contribution in [0.3, 0.4) is 0 Å². The summed E-state index contributed by atoms with van der Waals surface area (Å²) >= 11 is 0. The molecule has 0 aliphatic heterocycles. The number of amides is 2. The summed E-state index contributed by atoms with van der Waals surface area (Å²) in [4.78, 5) is 33.8. The zero-order chi connectivity index (χ0) is 29.0. The summed E-state index contributed by atoms with van der Waals surface area (Å²) in [7, 11) is 4.73. The van der Waals surface area contributed by atoms with Crippen molar-refractivity contribution >= 4 is 11.8 Å². The van der Waals surface area contributed by atoms with Crippen LogP contribution in [0.4, 0.5) is 0 Å². The van der Waals surface area contributed by atoms with Gasteiger partial charge in [-0.05, 0) is 53.1 Å². The van der Waals surface area contributed by atoms with E-state index in [-0.39, 0.29) is 31.3 Å². The number of hydrogen-bond acceptors (Lipinski definition) is 6. The number of hydrogen-bond donors (Lipinski definition) is 1. The van der Waals surface area contributed by atoms with E-state index in [9.17, 15) is 9.59 Å². The van der Waals surface area contributed by atoms with Crippen molar-refractivity contribution in [2.24, 2.45) is 0 Å². The number of aromatic nitrogens is 1. The van der Waals surface area contributed by atoms with Gasteiger partial charge in [-0.15, -0.1) is 0 Å². The zero-order valence-electron chi connectivity index (χ0n) is 23.6. The highest BCUT2D eigenvalue weighted by atomic mass is 16.5. The Morgan fingerprint density at radius 1 is 0.780 bits per heavy atom. The highest BCUT2D eigenvalue weighted by Crippen LogP contribution is 2.28. The summed E-state index contributed by atoms with van der Waals surface area (Å²) in [5.41, 5.74) is 3.31. The Morgan fingerprint density at radius 3 is 2.15 bits per heavy atom. The molecule has 0 radical (unpaired) electrons. The first-order chi connectivity index (χ1) is 20.0. The van der Waals surface area contributed by atoms with E-state index in [0.717, 1.165) is 22.4 Å². The van der Waals surface area contributed by atoms with Crippen molar-refractivity contribution in [3.05, 3.63) is 120 Å². The number of nitrogens with zero attached hydrogens (tertiary/aromatic N) is 2. The first-order valence-corrected chi connectivity index (χ1v) is 13.4. The fraction of sp³-hybridized carbons (Fsp3) is 0.242. The Labute approximate surface area is 240 Å². The third-order valence-corrected chi connectivity index (χ3v) is 6.76. The molecule has 0 spiro atoms. The summed E-state index contributed by atoms with van der Waals surface area (Å²) in [6, 6.07) is 27.4. The molecular weight excluding hydrogens is 518 g/mol. The predicted molar refractivity (Wildman–Crippen MR) is 157 cm³/mol. The van der Waals surface area contributed by atoms with Gasteiger partial charge >= 0.3 is 0 Å². The minimum absolute atomic E-state index is 0.0787. The molecule has 212 valence electrons. The first kappa shape index (κ1) is 29.1. The van der Waals surface area contributed by atoms with Gasteiger partial charge in [0.15, 0.2) is 11.5 Å². The van der Waals surface area contributed by atoms with Gasteiger partial charge in [-0.2, -0.15) is 0 Å². The first-order valence-electron chi connectivity index (χ1n) is 13.4. The molecule has 1 aromatic heterocycles. The van der Waals surface area contributed by atoms with Gasteiger partial charge in [0.25, 0.3) is 0 Å². The van der Waals surface area contributed by atoms with E-state index in [1.54, 1.807) is 44.6 Å². The third-order valence-electron chi connectivity index (χ3n) is 6.76. The molecule has 1 atom stereocenters. The number of benzene rings is 3. The summed E-state index contributed by atoms with van der Waals surface area (Å²) in [5.74, 6) is 1.38. The molecule has 3 aromatic carbocycles. The van der Waals surface area contributed by atoms with Crippen LogP contribution in [-0.2, 0) is 35.5 Å². The Kier molecular flexibility index (Phi) is 10.3. The fourth-order valence-electron chi connectivity index (χ4n) is 4.55. The number of pyridine rings is 1. The highest BCUT2D eigenvalue weighted by molar-refractivity contribution is 5.88. The molecule has 0 bridgehead atoms. The maximum absolute atomic E-state index is 14.0. The molecule has 4 aromatic rings. The lowest BCUT2D eigenvalue weighted by Gasteiger charge is -2.32. The highest BCUT2D eigenvalue weighted by Gasteiger charge is 2.30. The van der Waals surface area contributed by atoms with Gasteiger partial charge in [-0.1, -0.05) is 54.6 Å². The van der Waals surface area contributed by atoms with Crippen LogP contribution in [0.1, 0.15) is 22.4 Å². The molecular formula is C33H35N3O5. The number of ether oxygens (including phenoxy) is 3. The van der Waals surface area contributed by atoms with Crippen molar-refractivity contribution < 1.29 is 23.8 Å². The summed E-state index contributed by atoms with van der Waals surface area (Å²) in [6.45, 7) is 0.496. The summed E-state index contributed by atoms with van der Waals surface area (Å²) in [5, 5.41) is 3.00. The molecule has 0 saturated carbocycles. The van der Waals surface area contributed by atoms with E-state index in [1.807, 2.05) is 78.9 Å². The van der Waals surface area contributed by atoms with Crippen LogP contribution in [0.25, 0.3) is 0 Å². The monoisotopic (exact) mass is 553 g/mol. The van der Waals surface area contributed by atoms with E-state index in [2.05, 4.69) is 10.3 Å². The fourth-order valence-corrected chi connectivity index (χ4v) is 4.55. The normalized spacial score (nSPS) is 11.3. The molecule has 0 saturated heterocycles. The Bertz CT molecular complexity index is 1410. The van der Waals surface area contributed by atoms with Gasteiger partial charge in [-0.25, -0.2) is 0 Å². The SMILES string of the molecule is COc1ccc(CN(C(=O)Cc2ccc(OC)c(OC)c2)[C@@H](Cc2ccccc2)C(=O)NCc2ccccn2)cc1. The minimum atomic E-state index is -0.768. The molecule has 0 fully saturated rings. The molecule has 8 heteroatoms. The number of nitrogens with one attached hydrogen (secondary N) is 1. The second kappa shape index (κ2) is 14.5. The number of carbonyl (C=O) groups excluding carboxylic acids is 2. The molecule has 8 nitrogen and oxygen atoms in total. The maximum atomic E-state index is 14.0. The molecule has 4 rings (SSSR count). The molecule has 1 heterocycles. The second-order valence-electron chi connectivity index (χ2n) is 9.48. The predicted octanol–water partition coefficient (Wildman–Crippen LogP) is 4.61. The van der Waals surface area contributed by atoms with Gasteiger partial charge < -0.3 is 24.4 Å². The van der Waals surface area contributed by atoms with Crippen molar-refractivity contribution in [3.8, 4) is 17.2 Å². The van der Waals surface area contributed by atoms with Crippen LogP contribution in [0.15, 0.2) is 97.2 Å². The second-order valence-corrected chi connectivity index (χ2v) is 9.48. The van der Waals surface area contributed by atoms with Crippen molar-refractivity contribution in [3.63, 3.8) is 0 Å². The largest absolute Gasteiger partial charge is 0.497 e. The third kappa shape index (κ3) is 8.08. The van der Waals surface area contributed by atoms with Gasteiger partial charge in [0.1, 0.15) is 11.8 Å². The molecule has 2 amide bonds. The van der Waals surface area contributed by atoms with Crippen LogP contribution in [0.5, 0.6) is 17.2 Å². The van der Waals surface area contributed by atoms with Crippen LogP contribution in [0, 0.1) is 0 Å². The lowest BCUT2D eigenvalue weighted by Crippen LogP contribution is -2.50. The van der Waals surface area contributed by atoms with Crippen LogP contribution in [0.2, 0.25) is 0 Å². The van der Waals surface area contributed by atoms with Gasteiger partial charge in [-0.3, -0.25) is 14.6 Å². The van der Waals surface area contributed by atoms with E-state index in [4.69, 9.17) is 14.2 Å². The van der Waals surface area contributed by atoms with Crippen molar-refractivity contribution in [1.29, 1.82) is 0 Å². The average Bonchev–Trinajstić information content (AvgIpc) is 3.02. The molecule has 41 heavy (non-hydrogen) atoms. The molecule has 1 N–H and O–H groups in total. The topological polar surface area (TPSA) is 90.0 Å². The standard InChI is InChI=1S/C33H35N3O5/c1-39-28-15-12-25(13-16-28)23-36(32(37)21-26-14-17-30(40-2)31(20-26)41-3)29(19-24-9-5-4-6-10-24)33(38)35-22-27-11-7-8-18-34-27/h4-18,20,29H,19,21-23H2,1-3H3,(H,35,38)/t29-/m0/s1. The van der Waals surface area contributed by atoms with Crippen molar-refractivity contribution in [1.82, 2.24) is 15.2 Å². The van der Waals surface area contributed by atoms with Crippen molar-refractivity contribution in [2.45, 2.75) is 32.0 Å². The van der Waals surface area contributed by atoms with E-state index < -0.39 is 6.04 Å². The zero-order valence-corrected chi connectivity index (χ0v) is 23.6. The molecule has 0 aliphatic rings. The van der Waals surface area contributed by atoms with Crippen molar-refractivity contribution in [2.75, 3.05) is 21.3 Å². The molecule has 0 unspecified atom stereocenters. The van der Waals surface area contributed by atoms with Gasteiger partial charge in [0.2, 0.25) is 11.8 Å². The summed E-state index contributed by atoms with van der Waals surface area (Å²) in [6.07, 6.45) is 2.11. The van der Waals surface area contributed by atoms with E-state index in [1.165, 1.54) is 0 Å². The molecule has 0 aliphatic carbocycles. The maximum Gasteiger partial charge on any atom is 0.243 e. The Morgan fingerprint density at radius 2 is 1.49 bits per heavy atom. The van der Waals surface area contributed by atoms with Crippen LogP contribution < -0.4 is 19.5 Å². The lowest BCUT2D eigenvalue weighted by atomic mass is 10.0.